The van der Waals surface area contributed by atoms with Crippen molar-refractivity contribution in [3.63, 3.8) is 0 Å². The third kappa shape index (κ3) is 3.57. The number of hydrogen-bond donors (Lipinski definition) is 1. The van der Waals surface area contributed by atoms with Gasteiger partial charge in [0, 0.05) is 10.6 Å². The Hall–Kier alpha value is -0.970. The smallest absolute Gasteiger partial charge is 0.147 e. The number of nitrogens with one attached hydrogen (secondary N) is 1. The lowest BCUT2D eigenvalue weighted by molar-refractivity contribution is 0.513. The molecule has 2 aromatic rings. The highest BCUT2D eigenvalue weighted by molar-refractivity contribution is 7.14. The van der Waals surface area contributed by atoms with Crippen LogP contribution in [0.3, 0.4) is 0 Å². The zero-order valence-corrected chi connectivity index (χ0v) is 13.7. The van der Waals surface area contributed by atoms with Crippen molar-refractivity contribution in [1.29, 1.82) is 0 Å². The van der Waals surface area contributed by atoms with Crippen molar-refractivity contribution in [2.75, 3.05) is 6.54 Å². The molecule has 20 heavy (non-hydrogen) atoms. The van der Waals surface area contributed by atoms with Crippen LogP contribution in [0.5, 0.6) is 0 Å². The SMILES string of the molecule is CCCNC(CC)c1nnc(-c2ccc(C)c(Cl)c2)s1. The normalized spacial score (nSPS) is 12.6. The molecule has 0 fully saturated rings. The van der Waals surface area contributed by atoms with Gasteiger partial charge in [-0.1, -0.05) is 48.9 Å². The van der Waals surface area contributed by atoms with Gasteiger partial charge in [-0.15, -0.1) is 10.2 Å². The molecule has 0 aliphatic rings. The van der Waals surface area contributed by atoms with E-state index in [0.29, 0.717) is 6.04 Å². The van der Waals surface area contributed by atoms with Gasteiger partial charge in [0.25, 0.3) is 0 Å². The number of benzene rings is 1. The fourth-order valence-electron chi connectivity index (χ4n) is 1.94. The molecule has 3 nitrogen and oxygen atoms in total. The predicted octanol–water partition coefficient (Wildman–Crippen LogP) is 4.62. The Bertz CT molecular complexity index is 568. The molecule has 0 aliphatic heterocycles. The van der Waals surface area contributed by atoms with E-state index in [-0.39, 0.29) is 0 Å². The lowest BCUT2D eigenvalue weighted by Gasteiger charge is -2.12. The average Bonchev–Trinajstić information content (AvgIpc) is 2.92. The second-order valence-corrected chi connectivity index (χ2v) is 6.24. The van der Waals surface area contributed by atoms with Gasteiger partial charge in [-0.3, -0.25) is 0 Å². The summed E-state index contributed by atoms with van der Waals surface area (Å²) < 4.78 is 0. The van der Waals surface area contributed by atoms with Gasteiger partial charge in [-0.25, -0.2) is 0 Å². The number of nitrogens with zero attached hydrogens (tertiary/aromatic N) is 2. The zero-order chi connectivity index (χ0) is 14.5. The molecule has 0 radical (unpaired) electrons. The highest BCUT2D eigenvalue weighted by atomic mass is 35.5. The van der Waals surface area contributed by atoms with Crippen molar-refractivity contribution in [1.82, 2.24) is 15.5 Å². The maximum absolute atomic E-state index is 6.17. The van der Waals surface area contributed by atoms with E-state index >= 15 is 0 Å². The van der Waals surface area contributed by atoms with E-state index in [9.17, 15) is 0 Å². The van der Waals surface area contributed by atoms with Crippen molar-refractivity contribution in [3.8, 4) is 10.6 Å². The van der Waals surface area contributed by atoms with Crippen molar-refractivity contribution >= 4 is 22.9 Å². The summed E-state index contributed by atoms with van der Waals surface area (Å²) in [4.78, 5) is 0. The fourth-order valence-corrected chi connectivity index (χ4v) is 3.12. The van der Waals surface area contributed by atoms with E-state index < -0.39 is 0 Å². The van der Waals surface area contributed by atoms with Crippen molar-refractivity contribution in [2.24, 2.45) is 0 Å². The van der Waals surface area contributed by atoms with E-state index in [0.717, 1.165) is 45.6 Å². The number of aromatic nitrogens is 2. The minimum Gasteiger partial charge on any atom is -0.308 e. The van der Waals surface area contributed by atoms with Crippen molar-refractivity contribution in [3.05, 3.63) is 33.8 Å². The summed E-state index contributed by atoms with van der Waals surface area (Å²) >= 11 is 7.81. The summed E-state index contributed by atoms with van der Waals surface area (Å²) in [7, 11) is 0. The highest BCUT2D eigenvalue weighted by Gasteiger charge is 2.15. The van der Waals surface area contributed by atoms with E-state index in [2.05, 4.69) is 29.4 Å². The first-order chi connectivity index (χ1) is 9.65. The van der Waals surface area contributed by atoms with Crippen molar-refractivity contribution < 1.29 is 0 Å². The highest BCUT2D eigenvalue weighted by Crippen LogP contribution is 2.30. The Morgan fingerprint density at radius 3 is 2.75 bits per heavy atom. The van der Waals surface area contributed by atoms with Crippen LogP contribution in [-0.2, 0) is 0 Å². The average molecular weight is 310 g/mol. The molecule has 0 amide bonds. The summed E-state index contributed by atoms with van der Waals surface area (Å²) in [6.07, 6.45) is 2.14. The number of hydrogen-bond acceptors (Lipinski definition) is 4. The Balaban J connectivity index is 2.20. The van der Waals surface area contributed by atoms with E-state index in [1.54, 1.807) is 11.3 Å². The summed E-state index contributed by atoms with van der Waals surface area (Å²) in [6, 6.07) is 6.32. The largest absolute Gasteiger partial charge is 0.308 e. The molecule has 1 atom stereocenters. The molecule has 2 rings (SSSR count). The molecule has 0 bridgehead atoms. The van der Waals surface area contributed by atoms with Gasteiger partial charge in [-0.05, 0) is 37.9 Å². The summed E-state index contributed by atoms with van der Waals surface area (Å²) in [5.41, 5.74) is 2.12. The lowest BCUT2D eigenvalue weighted by Crippen LogP contribution is -2.21. The van der Waals surface area contributed by atoms with Crippen LogP contribution in [0.15, 0.2) is 18.2 Å². The van der Waals surface area contributed by atoms with Crippen LogP contribution in [0.4, 0.5) is 0 Å². The molecule has 0 saturated carbocycles. The van der Waals surface area contributed by atoms with Gasteiger partial charge in [0.05, 0.1) is 6.04 Å². The molecule has 0 aliphatic carbocycles. The second-order valence-electron chi connectivity index (χ2n) is 4.82. The molecule has 1 aromatic heterocycles. The molecule has 1 unspecified atom stereocenters. The predicted molar refractivity (Wildman–Crippen MR) is 86.4 cm³/mol. The molecule has 108 valence electrons. The van der Waals surface area contributed by atoms with Gasteiger partial charge in [0.2, 0.25) is 0 Å². The van der Waals surface area contributed by atoms with Gasteiger partial charge in [0.15, 0.2) is 0 Å². The molecule has 0 spiro atoms. The summed E-state index contributed by atoms with van der Waals surface area (Å²) in [5.74, 6) is 0. The van der Waals surface area contributed by atoms with E-state index in [1.807, 2.05) is 25.1 Å². The molecular weight excluding hydrogens is 290 g/mol. The fraction of sp³-hybridized carbons (Fsp3) is 0.467. The Labute approximate surface area is 129 Å². The van der Waals surface area contributed by atoms with Gasteiger partial charge in [-0.2, -0.15) is 0 Å². The topological polar surface area (TPSA) is 37.8 Å². The monoisotopic (exact) mass is 309 g/mol. The molecular formula is C15H20ClN3S. The standard InChI is InChI=1S/C15H20ClN3S/c1-4-8-17-13(5-2)15-19-18-14(20-15)11-7-6-10(3)12(16)9-11/h6-7,9,13,17H,4-5,8H2,1-3H3. The van der Waals surface area contributed by atoms with Crippen LogP contribution < -0.4 is 5.32 Å². The van der Waals surface area contributed by atoms with Crippen LogP contribution in [0, 0.1) is 6.92 Å². The van der Waals surface area contributed by atoms with Crippen LogP contribution in [0.2, 0.25) is 5.02 Å². The third-order valence-corrected chi connectivity index (χ3v) is 4.70. The number of aryl methyl sites for hydroxylation is 1. The van der Waals surface area contributed by atoms with Gasteiger partial charge >= 0.3 is 0 Å². The molecule has 1 N–H and O–H groups in total. The first kappa shape index (κ1) is 15.4. The second kappa shape index (κ2) is 7.16. The third-order valence-electron chi connectivity index (χ3n) is 3.21. The van der Waals surface area contributed by atoms with Crippen LogP contribution in [0.25, 0.3) is 10.6 Å². The molecule has 0 saturated heterocycles. The van der Waals surface area contributed by atoms with Gasteiger partial charge < -0.3 is 5.32 Å². The maximum atomic E-state index is 6.17. The lowest BCUT2D eigenvalue weighted by atomic mass is 10.2. The number of rotatable bonds is 6. The summed E-state index contributed by atoms with van der Waals surface area (Å²) in [6.45, 7) is 7.33. The molecule has 1 heterocycles. The first-order valence-electron chi connectivity index (χ1n) is 6.99. The Morgan fingerprint density at radius 2 is 2.10 bits per heavy atom. The van der Waals surface area contributed by atoms with Gasteiger partial charge in [0.1, 0.15) is 10.0 Å². The minimum absolute atomic E-state index is 0.294. The Morgan fingerprint density at radius 1 is 1.30 bits per heavy atom. The summed E-state index contributed by atoms with van der Waals surface area (Å²) in [5, 5.41) is 14.9. The Kier molecular flexibility index (Phi) is 5.52. The van der Waals surface area contributed by atoms with Crippen LogP contribution in [-0.4, -0.2) is 16.7 Å². The molecule has 1 aromatic carbocycles. The maximum Gasteiger partial charge on any atom is 0.147 e. The first-order valence-corrected chi connectivity index (χ1v) is 8.18. The van der Waals surface area contributed by atoms with E-state index in [1.165, 1.54) is 0 Å². The molecule has 5 heteroatoms. The quantitative estimate of drug-likeness (QED) is 0.846. The van der Waals surface area contributed by atoms with Crippen molar-refractivity contribution in [2.45, 2.75) is 39.7 Å². The minimum atomic E-state index is 0.294. The van der Waals surface area contributed by atoms with Crippen LogP contribution >= 0.6 is 22.9 Å². The van der Waals surface area contributed by atoms with Crippen LogP contribution in [0.1, 0.15) is 43.3 Å². The number of halogens is 1. The van der Waals surface area contributed by atoms with E-state index in [4.69, 9.17) is 11.6 Å². The zero-order valence-electron chi connectivity index (χ0n) is 12.1.